The highest BCUT2D eigenvalue weighted by molar-refractivity contribution is 7.98. The van der Waals surface area contributed by atoms with Gasteiger partial charge in [0.05, 0.1) is 4.92 Å². The van der Waals surface area contributed by atoms with Crippen molar-refractivity contribution < 1.29 is 14.1 Å². The summed E-state index contributed by atoms with van der Waals surface area (Å²) in [7, 11) is 0. The number of nitro benzene ring substituents is 1. The number of nitro groups is 1. The molecule has 2 rings (SSSR count). The summed E-state index contributed by atoms with van der Waals surface area (Å²) in [6, 6.07) is 10.9. The second-order valence-corrected chi connectivity index (χ2v) is 5.07. The average Bonchev–Trinajstić information content (AvgIpc) is 2.45. The van der Waals surface area contributed by atoms with Gasteiger partial charge in [-0.15, -0.1) is 11.8 Å². The molecule has 0 saturated heterocycles. The van der Waals surface area contributed by atoms with Crippen molar-refractivity contribution in [1.82, 2.24) is 0 Å². The van der Waals surface area contributed by atoms with Gasteiger partial charge in [0.1, 0.15) is 6.29 Å². The number of thioether (sulfide) groups is 1. The maximum atomic E-state index is 13.4. The SMILES string of the molecule is O=Cc1cccc(SCc2ccc([N+](=O)[O-])c(F)c2)c1. The minimum atomic E-state index is -0.838. The van der Waals surface area contributed by atoms with E-state index >= 15 is 0 Å². The van der Waals surface area contributed by atoms with Crippen molar-refractivity contribution in [2.24, 2.45) is 0 Å². The first-order valence-corrected chi connectivity index (χ1v) is 6.69. The number of nitrogens with zero attached hydrogens (tertiary/aromatic N) is 1. The van der Waals surface area contributed by atoms with Crippen LogP contribution in [0.4, 0.5) is 10.1 Å². The Labute approximate surface area is 118 Å². The minimum Gasteiger partial charge on any atom is -0.298 e. The molecule has 4 nitrogen and oxygen atoms in total. The molecule has 0 aliphatic carbocycles. The summed E-state index contributed by atoms with van der Waals surface area (Å²) in [6.45, 7) is 0. The van der Waals surface area contributed by atoms with Crippen LogP contribution in [0.3, 0.4) is 0 Å². The zero-order valence-electron chi connectivity index (χ0n) is 10.3. The molecule has 0 fully saturated rings. The highest BCUT2D eigenvalue weighted by atomic mass is 32.2. The molecule has 0 amide bonds. The molecule has 0 aliphatic rings. The lowest BCUT2D eigenvalue weighted by molar-refractivity contribution is -0.387. The van der Waals surface area contributed by atoms with Crippen LogP contribution in [0.15, 0.2) is 47.4 Å². The van der Waals surface area contributed by atoms with Crippen LogP contribution in [0.5, 0.6) is 0 Å². The monoisotopic (exact) mass is 291 g/mol. The summed E-state index contributed by atoms with van der Waals surface area (Å²) in [5, 5.41) is 10.5. The molecule has 6 heteroatoms. The zero-order chi connectivity index (χ0) is 14.5. The third-order valence-electron chi connectivity index (χ3n) is 2.61. The fourth-order valence-electron chi connectivity index (χ4n) is 1.63. The van der Waals surface area contributed by atoms with Crippen molar-refractivity contribution in [2.75, 3.05) is 0 Å². The van der Waals surface area contributed by atoms with Crippen molar-refractivity contribution >= 4 is 23.7 Å². The topological polar surface area (TPSA) is 60.2 Å². The molecule has 0 aromatic heterocycles. The molecule has 2 aromatic carbocycles. The first kappa shape index (κ1) is 14.2. The predicted octanol–water partition coefficient (Wildman–Crippen LogP) is 3.84. The van der Waals surface area contributed by atoms with Crippen molar-refractivity contribution in [3.8, 4) is 0 Å². The van der Waals surface area contributed by atoms with Crippen LogP contribution in [0.1, 0.15) is 15.9 Å². The lowest BCUT2D eigenvalue weighted by Gasteiger charge is -2.03. The van der Waals surface area contributed by atoms with Gasteiger partial charge >= 0.3 is 5.69 Å². The van der Waals surface area contributed by atoms with Gasteiger partial charge in [0, 0.05) is 22.3 Å². The molecule has 102 valence electrons. The standard InChI is InChI=1S/C14H10FNO3S/c15-13-7-11(4-5-14(13)16(18)19)9-20-12-3-1-2-10(6-12)8-17/h1-8H,9H2. The molecule has 0 bridgehead atoms. The Morgan fingerprint density at radius 2 is 2.05 bits per heavy atom. The number of benzene rings is 2. The second-order valence-electron chi connectivity index (χ2n) is 4.02. The van der Waals surface area contributed by atoms with Gasteiger partial charge in [-0.2, -0.15) is 4.39 Å². The minimum absolute atomic E-state index is 0.469. The fraction of sp³-hybridized carbons (Fsp3) is 0.0714. The Balaban J connectivity index is 2.09. The van der Waals surface area contributed by atoms with Crippen molar-refractivity contribution in [1.29, 1.82) is 0 Å². The third kappa shape index (κ3) is 3.42. The Bertz CT molecular complexity index is 661. The molecule has 0 radical (unpaired) electrons. The molecular weight excluding hydrogens is 281 g/mol. The molecule has 0 N–H and O–H groups in total. The highest BCUT2D eigenvalue weighted by Gasteiger charge is 2.13. The number of carbonyl (C=O) groups is 1. The fourth-order valence-corrected chi connectivity index (χ4v) is 2.54. The van der Waals surface area contributed by atoms with Gasteiger partial charge in [-0.05, 0) is 23.8 Å². The smallest absolute Gasteiger partial charge is 0.298 e. The van der Waals surface area contributed by atoms with Gasteiger partial charge < -0.3 is 0 Å². The third-order valence-corrected chi connectivity index (χ3v) is 3.67. The van der Waals surface area contributed by atoms with Crippen molar-refractivity contribution in [3.05, 3.63) is 69.5 Å². The molecular formula is C14H10FNO3S. The van der Waals surface area contributed by atoms with Crippen LogP contribution in [0, 0.1) is 15.9 Å². The van der Waals surface area contributed by atoms with E-state index in [-0.39, 0.29) is 0 Å². The van der Waals surface area contributed by atoms with Crippen LogP contribution in [-0.2, 0) is 5.75 Å². The van der Waals surface area contributed by atoms with Crippen molar-refractivity contribution in [3.63, 3.8) is 0 Å². The van der Waals surface area contributed by atoms with Gasteiger partial charge in [0.25, 0.3) is 0 Å². The number of hydrogen-bond donors (Lipinski definition) is 0. The van der Waals surface area contributed by atoms with Gasteiger partial charge in [-0.1, -0.05) is 18.2 Å². The Morgan fingerprint density at radius 1 is 1.25 bits per heavy atom. The zero-order valence-corrected chi connectivity index (χ0v) is 11.1. The van der Waals surface area contributed by atoms with Gasteiger partial charge in [0.15, 0.2) is 0 Å². The van der Waals surface area contributed by atoms with Crippen LogP contribution >= 0.6 is 11.8 Å². The van der Waals surface area contributed by atoms with E-state index < -0.39 is 16.4 Å². The maximum Gasteiger partial charge on any atom is 0.304 e. The van der Waals surface area contributed by atoms with E-state index in [9.17, 15) is 19.3 Å². The van der Waals surface area contributed by atoms with E-state index in [0.717, 1.165) is 23.3 Å². The molecule has 0 heterocycles. The van der Waals surface area contributed by atoms with Crippen molar-refractivity contribution in [2.45, 2.75) is 10.6 Å². The van der Waals surface area contributed by atoms with E-state index in [4.69, 9.17) is 0 Å². The van der Waals surface area contributed by atoms with E-state index in [2.05, 4.69) is 0 Å². The lowest BCUT2D eigenvalue weighted by atomic mass is 10.2. The first-order chi connectivity index (χ1) is 9.60. The average molecular weight is 291 g/mol. The predicted molar refractivity (Wildman–Crippen MR) is 74.4 cm³/mol. The summed E-state index contributed by atoms with van der Waals surface area (Å²) in [4.78, 5) is 21.3. The lowest BCUT2D eigenvalue weighted by Crippen LogP contribution is -1.93. The van der Waals surface area contributed by atoms with E-state index in [1.165, 1.54) is 17.8 Å². The van der Waals surface area contributed by atoms with Crippen LogP contribution < -0.4 is 0 Å². The number of halogens is 1. The second kappa shape index (κ2) is 6.29. The van der Waals surface area contributed by atoms with E-state index in [0.29, 0.717) is 16.9 Å². The molecule has 0 spiro atoms. The molecule has 2 aromatic rings. The molecule has 20 heavy (non-hydrogen) atoms. The number of hydrogen-bond acceptors (Lipinski definition) is 4. The van der Waals surface area contributed by atoms with Gasteiger partial charge in [-0.25, -0.2) is 0 Å². The quantitative estimate of drug-likeness (QED) is 0.363. The van der Waals surface area contributed by atoms with Crippen LogP contribution in [0.25, 0.3) is 0 Å². The normalized spacial score (nSPS) is 10.2. The summed E-state index contributed by atoms with van der Waals surface area (Å²) >= 11 is 1.43. The van der Waals surface area contributed by atoms with E-state index in [1.54, 1.807) is 18.2 Å². The van der Waals surface area contributed by atoms with Crippen LogP contribution in [0.2, 0.25) is 0 Å². The first-order valence-electron chi connectivity index (χ1n) is 5.71. The molecule has 0 atom stereocenters. The molecule has 0 aliphatic heterocycles. The largest absolute Gasteiger partial charge is 0.304 e. The number of carbonyl (C=O) groups excluding carboxylic acids is 1. The summed E-state index contributed by atoms with van der Waals surface area (Å²) < 4.78 is 13.4. The summed E-state index contributed by atoms with van der Waals surface area (Å²) in [6.07, 6.45) is 0.760. The highest BCUT2D eigenvalue weighted by Crippen LogP contribution is 2.25. The van der Waals surface area contributed by atoms with E-state index in [1.807, 2.05) is 6.07 Å². The Hall–Kier alpha value is -2.21. The Kier molecular flexibility index (Phi) is 4.47. The van der Waals surface area contributed by atoms with Crippen LogP contribution in [-0.4, -0.2) is 11.2 Å². The number of rotatable bonds is 5. The maximum absolute atomic E-state index is 13.4. The summed E-state index contributed by atoms with van der Waals surface area (Å²) in [5.41, 5.74) is 0.696. The number of aldehydes is 1. The molecule has 0 unspecified atom stereocenters. The van der Waals surface area contributed by atoms with Gasteiger partial charge in [-0.3, -0.25) is 14.9 Å². The summed E-state index contributed by atoms with van der Waals surface area (Å²) in [5.74, 6) is -0.369. The Morgan fingerprint density at radius 3 is 2.70 bits per heavy atom. The van der Waals surface area contributed by atoms with Gasteiger partial charge in [0.2, 0.25) is 5.82 Å². The molecule has 0 saturated carbocycles.